The third-order valence-corrected chi connectivity index (χ3v) is 5.46. The van der Waals surface area contributed by atoms with Crippen LogP contribution in [0.2, 0.25) is 0 Å². The fourth-order valence-corrected chi connectivity index (χ4v) is 4.26. The number of nitrogens with one attached hydrogen (secondary N) is 3. The first-order chi connectivity index (χ1) is 12.6. The molecule has 0 saturated carbocycles. The van der Waals surface area contributed by atoms with Gasteiger partial charge in [-0.15, -0.1) is 0 Å². The van der Waals surface area contributed by atoms with E-state index in [9.17, 15) is 4.79 Å². The van der Waals surface area contributed by atoms with Crippen LogP contribution in [0.25, 0.3) is 0 Å². The van der Waals surface area contributed by atoms with Crippen molar-refractivity contribution in [1.29, 1.82) is 0 Å². The Morgan fingerprint density at radius 3 is 2.15 bits per heavy atom. The zero-order valence-corrected chi connectivity index (χ0v) is 20.1. The molecule has 27 heavy (non-hydrogen) atoms. The molecule has 1 amide bonds. The molecule has 1 atom stereocenters. The number of carbonyl (C=O) groups is 1. The van der Waals surface area contributed by atoms with Crippen molar-refractivity contribution in [3.8, 4) is 0 Å². The maximum Gasteiger partial charge on any atom is 0.252 e. The van der Waals surface area contributed by atoms with E-state index < -0.39 is 15.9 Å². The molecule has 0 aliphatic rings. The van der Waals surface area contributed by atoms with Gasteiger partial charge in [0.15, 0.2) is 5.11 Å². The lowest BCUT2D eigenvalue weighted by atomic mass is 10.2. The number of carbonyl (C=O) groups excluding carboxylic acids is 1. The Balaban J connectivity index is 2.12. The first kappa shape index (κ1) is 22.7. The number of rotatable bonds is 4. The highest BCUT2D eigenvalue weighted by Gasteiger charge is 2.35. The molecular formula is C17H14Br2Cl3N3OS. The summed E-state index contributed by atoms with van der Waals surface area (Å²) in [5.74, 6) is -0.403. The van der Waals surface area contributed by atoms with E-state index in [1.165, 1.54) is 0 Å². The van der Waals surface area contributed by atoms with Crippen molar-refractivity contribution in [2.24, 2.45) is 0 Å². The summed E-state index contributed by atoms with van der Waals surface area (Å²) in [6.45, 7) is 1.97. The summed E-state index contributed by atoms with van der Waals surface area (Å²) >= 11 is 30.3. The summed E-state index contributed by atoms with van der Waals surface area (Å²) in [5, 5.41) is 8.65. The van der Waals surface area contributed by atoms with Crippen LogP contribution in [0.5, 0.6) is 0 Å². The zero-order valence-electron chi connectivity index (χ0n) is 13.8. The third kappa shape index (κ3) is 6.76. The summed E-state index contributed by atoms with van der Waals surface area (Å²) in [6, 6.07) is 12.5. The van der Waals surface area contributed by atoms with Gasteiger partial charge in [0.05, 0.1) is 5.69 Å². The van der Waals surface area contributed by atoms with Gasteiger partial charge in [-0.05, 0) is 80.8 Å². The molecule has 0 aliphatic heterocycles. The predicted octanol–water partition coefficient (Wildman–Crippen LogP) is 5.93. The van der Waals surface area contributed by atoms with Gasteiger partial charge >= 0.3 is 0 Å². The second-order valence-corrected chi connectivity index (χ2v) is 10.0. The van der Waals surface area contributed by atoms with E-state index in [0.717, 1.165) is 14.5 Å². The number of hydrogen-bond donors (Lipinski definition) is 3. The Morgan fingerprint density at radius 2 is 1.63 bits per heavy atom. The van der Waals surface area contributed by atoms with Gasteiger partial charge < -0.3 is 16.0 Å². The van der Waals surface area contributed by atoms with E-state index in [1.807, 2.05) is 19.1 Å². The Labute approximate surface area is 194 Å². The fraction of sp³-hybridized carbons (Fsp3) is 0.176. The second kappa shape index (κ2) is 9.76. The van der Waals surface area contributed by atoms with E-state index >= 15 is 0 Å². The molecule has 0 aliphatic carbocycles. The van der Waals surface area contributed by atoms with Gasteiger partial charge in [0, 0.05) is 14.5 Å². The Morgan fingerprint density at radius 1 is 1.07 bits per heavy atom. The fourth-order valence-electron chi connectivity index (χ4n) is 2.10. The summed E-state index contributed by atoms with van der Waals surface area (Å²) in [5.41, 5.74) is 2.20. The van der Waals surface area contributed by atoms with E-state index in [1.54, 1.807) is 30.3 Å². The molecule has 0 radical (unpaired) electrons. The molecule has 0 spiro atoms. The maximum atomic E-state index is 12.4. The smallest absolute Gasteiger partial charge is 0.252 e. The molecular weight excluding hydrogens is 560 g/mol. The zero-order chi connectivity index (χ0) is 20.2. The Kier molecular flexibility index (Phi) is 8.21. The minimum atomic E-state index is -1.84. The molecule has 2 aromatic carbocycles. The van der Waals surface area contributed by atoms with E-state index in [0.29, 0.717) is 11.3 Å². The van der Waals surface area contributed by atoms with Gasteiger partial charge in [0.2, 0.25) is 3.79 Å². The Bertz CT molecular complexity index is 824. The first-order valence-corrected chi connectivity index (χ1v) is 10.7. The lowest BCUT2D eigenvalue weighted by molar-refractivity contribution is 0.0934. The van der Waals surface area contributed by atoms with Crippen LogP contribution < -0.4 is 16.0 Å². The summed E-state index contributed by atoms with van der Waals surface area (Å²) in [7, 11) is 0. The normalized spacial score (nSPS) is 12.2. The Hall–Kier alpha value is -0.570. The van der Waals surface area contributed by atoms with Gasteiger partial charge in [-0.1, -0.05) is 53.0 Å². The van der Waals surface area contributed by atoms with Crippen molar-refractivity contribution in [1.82, 2.24) is 10.6 Å². The second-order valence-electron chi connectivity index (χ2n) is 5.52. The van der Waals surface area contributed by atoms with E-state index in [4.69, 9.17) is 47.0 Å². The average Bonchev–Trinajstić information content (AvgIpc) is 2.57. The number of aryl methyl sites for hydroxylation is 1. The number of benzene rings is 2. The van der Waals surface area contributed by atoms with Crippen LogP contribution in [0.3, 0.4) is 0 Å². The minimum absolute atomic E-state index is 0.171. The molecule has 0 heterocycles. The van der Waals surface area contributed by atoms with Crippen LogP contribution in [-0.2, 0) is 0 Å². The number of thiocarbonyl (C=S) groups is 1. The number of alkyl halides is 3. The summed E-state index contributed by atoms with van der Waals surface area (Å²) < 4.78 is -0.229. The summed E-state index contributed by atoms with van der Waals surface area (Å²) in [6.07, 6.45) is -1.06. The predicted molar refractivity (Wildman–Crippen MR) is 124 cm³/mol. The molecule has 2 rings (SSSR count). The van der Waals surface area contributed by atoms with Gasteiger partial charge in [-0.25, -0.2) is 0 Å². The first-order valence-electron chi connectivity index (χ1n) is 7.53. The van der Waals surface area contributed by atoms with Gasteiger partial charge in [0.1, 0.15) is 6.17 Å². The van der Waals surface area contributed by atoms with Crippen LogP contribution >= 0.6 is 78.9 Å². The molecule has 1 unspecified atom stereocenters. The molecule has 144 valence electrons. The van der Waals surface area contributed by atoms with Crippen molar-refractivity contribution >= 4 is 95.6 Å². The van der Waals surface area contributed by atoms with Crippen molar-refractivity contribution < 1.29 is 4.79 Å². The van der Waals surface area contributed by atoms with Crippen molar-refractivity contribution in [3.05, 3.63) is 62.5 Å². The van der Waals surface area contributed by atoms with E-state index in [2.05, 4.69) is 47.8 Å². The van der Waals surface area contributed by atoms with Gasteiger partial charge in [0.25, 0.3) is 5.91 Å². The molecule has 0 saturated heterocycles. The standard InChI is InChI=1S/C17H14Br2Cl3N3OS/c1-9-7-11(18)13(12(19)8-9)23-16(27)25-15(17(20,21)22)24-14(26)10-5-3-2-4-6-10/h2-8,15H,1H3,(H,24,26)(H2,23,25,27). The third-order valence-electron chi connectivity index (χ3n) is 3.34. The highest BCUT2D eigenvalue weighted by molar-refractivity contribution is 9.11. The van der Waals surface area contributed by atoms with Crippen LogP contribution in [0.4, 0.5) is 5.69 Å². The number of anilines is 1. The van der Waals surface area contributed by atoms with Crippen LogP contribution in [0, 0.1) is 6.92 Å². The number of amides is 1. The highest BCUT2D eigenvalue weighted by atomic mass is 79.9. The average molecular weight is 575 g/mol. The van der Waals surface area contributed by atoms with Crippen molar-refractivity contribution in [2.45, 2.75) is 16.9 Å². The largest absolute Gasteiger partial charge is 0.339 e. The van der Waals surface area contributed by atoms with Crippen LogP contribution in [0.15, 0.2) is 51.4 Å². The molecule has 2 aromatic rings. The van der Waals surface area contributed by atoms with Gasteiger partial charge in [-0.2, -0.15) is 0 Å². The van der Waals surface area contributed by atoms with Gasteiger partial charge in [-0.3, -0.25) is 4.79 Å². The lowest BCUT2D eigenvalue weighted by Crippen LogP contribution is -2.56. The van der Waals surface area contributed by atoms with Crippen LogP contribution in [-0.4, -0.2) is 21.0 Å². The maximum absolute atomic E-state index is 12.4. The van der Waals surface area contributed by atoms with Crippen molar-refractivity contribution in [3.63, 3.8) is 0 Å². The monoisotopic (exact) mass is 571 g/mol. The number of halogens is 5. The molecule has 4 nitrogen and oxygen atoms in total. The molecule has 0 aromatic heterocycles. The lowest BCUT2D eigenvalue weighted by Gasteiger charge is -2.28. The minimum Gasteiger partial charge on any atom is -0.339 e. The van der Waals surface area contributed by atoms with Crippen molar-refractivity contribution in [2.75, 3.05) is 5.32 Å². The highest BCUT2D eigenvalue weighted by Crippen LogP contribution is 2.33. The van der Waals surface area contributed by atoms with E-state index in [-0.39, 0.29) is 5.11 Å². The molecule has 0 bridgehead atoms. The van der Waals surface area contributed by atoms with Crippen LogP contribution in [0.1, 0.15) is 15.9 Å². The SMILES string of the molecule is Cc1cc(Br)c(NC(=S)NC(NC(=O)c2ccccc2)C(Cl)(Cl)Cl)c(Br)c1. The molecule has 3 N–H and O–H groups in total. The molecule has 10 heteroatoms. The number of hydrogen-bond acceptors (Lipinski definition) is 2. The quantitative estimate of drug-likeness (QED) is 0.241. The summed E-state index contributed by atoms with van der Waals surface area (Å²) in [4.78, 5) is 12.4. The molecule has 0 fully saturated rings. The topological polar surface area (TPSA) is 53.2 Å².